The van der Waals surface area contributed by atoms with Crippen LogP contribution in [0, 0.1) is 0 Å². The minimum atomic E-state index is 0.809. The van der Waals surface area contributed by atoms with Crippen LogP contribution in [0.5, 0.6) is 0 Å². The maximum atomic E-state index is 11.5. The molecule has 0 aliphatic rings. The summed E-state index contributed by atoms with van der Waals surface area (Å²) in [6.07, 6.45) is 25.0. The van der Waals surface area contributed by atoms with Crippen LogP contribution in [0.1, 0.15) is 147 Å². The van der Waals surface area contributed by atoms with Crippen molar-refractivity contribution in [1.29, 1.82) is 0 Å². The van der Waals surface area contributed by atoms with Crippen LogP contribution in [-0.2, 0) is 12.8 Å². The summed E-state index contributed by atoms with van der Waals surface area (Å²) in [5.74, 6) is 0. The quantitative estimate of drug-likeness (QED) is 0.126. The van der Waals surface area contributed by atoms with Gasteiger partial charge in [0.15, 0.2) is 12.6 Å². The Morgan fingerprint density at radius 3 is 1.18 bits per heavy atom. The van der Waals surface area contributed by atoms with Crippen LogP contribution in [0.25, 0.3) is 9.75 Å². The van der Waals surface area contributed by atoms with E-state index in [0.29, 0.717) is 0 Å². The van der Waals surface area contributed by atoms with E-state index in [2.05, 4.69) is 26.0 Å². The van der Waals surface area contributed by atoms with E-state index < -0.39 is 0 Å². The van der Waals surface area contributed by atoms with Crippen LogP contribution >= 0.6 is 22.7 Å². The molecule has 2 aromatic rings. The van der Waals surface area contributed by atoms with Gasteiger partial charge in [-0.05, 0) is 48.9 Å². The van der Waals surface area contributed by atoms with E-state index in [-0.39, 0.29) is 0 Å². The minimum Gasteiger partial charge on any atom is -0.297 e. The van der Waals surface area contributed by atoms with Gasteiger partial charge in [0.25, 0.3) is 0 Å². The van der Waals surface area contributed by atoms with E-state index in [1.54, 1.807) is 22.7 Å². The Morgan fingerprint density at radius 1 is 0.529 bits per heavy atom. The standard InChI is InChI=1S/C30H46O2S2/c1-3-5-7-9-11-13-15-17-19-25-21-27(23-31)33-29(25)30-26(22-28(24-32)34-30)20-18-16-14-12-10-8-6-4-2/h21-24H,3-20H2,1-2H3. The average molecular weight is 503 g/mol. The monoisotopic (exact) mass is 502 g/mol. The van der Waals surface area contributed by atoms with Gasteiger partial charge in [-0.2, -0.15) is 0 Å². The highest BCUT2D eigenvalue weighted by atomic mass is 32.1. The fraction of sp³-hybridized carbons (Fsp3) is 0.667. The highest BCUT2D eigenvalue weighted by molar-refractivity contribution is 7.23. The van der Waals surface area contributed by atoms with Gasteiger partial charge in [0.1, 0.15) is 0 Å². The number of carbonyl (C=O) groups is 2. The third kappa shape index (κ3) is 10.6. The second-order valence-corrected chi connectivity index (χ2v) is 11.9. The van der Waals surface area contributed by atoms with E-state index >= 15 is 0 Å². The molecular formula is C30H46O2S2. The van der Waals surface area contributed by atoms with Crippen LogP contribution in [0.15, 0.2) is 12.1 Å². The fourth-order valence-electron chi connectivity index (χ4n) is 4.67. The van der Waals surface area contributed by atoms with Gasteiger partial charge in [-0.15, -0.1) is 22.7 Å². The lowest BCUT2D eigenvalue weighted by Gasteiger charge is -2.07. The second kappa shape index (κ2) is 18.1. The highest BCUT2D eigenvalue weighted by Crippen LogP contribution is 2.40. The zero-order valence-corrected chi connectivity index (χ0v) is 23.3. The van der Waals surface area contributed by atoms with Crippen molar-refractivity contribution >= 4 is 35.2 Å². The molecule has 34 heavy (non-hydrogen) atoms. The molecule has 0 aliphatic carbocycles. The first-order chi connectivity index (χ1) is 16.7. The second-order valence-electron chi connectivity index (χ2n) is 9.69. The molecule has 2 heterocycles. The molecule has 0 unspecified atom stereocenters. The first-order valence-corrected chi connectivity index (χ1v) is 15.5. The summed E-state index contributed by atoms with van der Waals surface area (Å²) in [6, 6.07) is 4.18. The maximum absolute atomic E-state index is 11.5. The molecule has 0 spiro atoms. The molecule has 0 aromatic carbocycles. The van der Waals surface area contributed by atoms with E-state index in [4.69, 9.17) is 0 Å². The Labute approximate surface area is 216 Å². The van der Waals surface area contributed by atoms with Gasteiger partial charge in [0.2, 0.25) is 0 Å². The van der Waals surface area contributed by atoms with Gasteiger partial charge in [0.05, 0.1) is 9.75 Å². The Morgan fingerprint density at radius 2 is 0.853 bits per heavy atom. The van der Waals surface area contributed by atoms with E-state index in [9.17, 15) is 9.59 Å². The molecule has 2 aromatic heterocycles. The summed E-state index contributed by atoms with van der Waals surface area (Å²) >= 11 is 3.22. The lowest BCUT2D eigenvalue weighted by molar-refractivity contribution is 0.111. The molecule has 0 bridgehead atoms. The Balaban J connectivity index is 1.92. The van der Waals surface area contributed by atoms with Crippen molar-refractivity contribution in [2.24, 2.45) is 0 Å². The topological polar surface area (TPSA) is 34.1 Å². The van der Waals surface area contributed by atoms with Crippen molar-refractivity contribution in [3.05, 3.63) is 33.0 Å². The smallest absolute Gasteiger partial charge is 0.160 e. The summed E-state index contributed by atoms with van der Waals surface area (Å²) in [4.78, 5) is 27.2. The molecule has 0 atom stereocenters. The summed E-state index contributed by atoms with van der Waals surface area (Å²) in [6.45, 7) is 4.53. The van der Waals surface area contributed by atoms with Gasteiger partial charge in [-0.25, -0.2) is 0 Å². The molecule has 2 nitrogen and oxygen atoms in total. The number of carbonyl (C=O) groups excluding carboxylic acids is 2. The predicted octanol–water partition coefficient (Wildman–Crippen LogP) is 10.5. The Kier molecular flexibility index (Phi) is 15.4. The van der Waals surface area contributed by atoms with Crippen molar-refractivity contribution < 1.29 is 9.59 Å². The van der Waals surface area contributed by atoms with Crippen molar-refractivity contribution in [2.45, 2.75) is 129 Å². The Hall–Kier alpha value is -1.26. The van der Waals surface area contributed by atoms with Crippen LogP contribution in [-0.4, -0.2) is 12.6 Å². The van der Waals surface area contributed by atoms with Crippen molar-refractivity contribution in [2.75, 3.05) is 0 Å². The molecule has 0 saturated heterocycles. The average Bonchev–Trinajstić information content (AvgIpc) is 3.46. The number of rotatable bonds is 21. The summed E-state index contributed by atoms with van der Waals surface area (Å²) in [5.41, 5.74) is 2.60. The van der Waals surface area contributed by atoms with E-state index in [1.807, 2.05) is 0 Å². The fourth-order valence-corrected chi connectivity index (χ4v) is 6.92. The molecule has 0 N–H and O–H groups in total. The van der Waals surface area contributed by atoms with Gasteiger partial charge in [0, 0.05) is 9.75 Å². The number of aldehydes is 2. The maximum Gasteiger partial charge on any atom is 0.160 e. The third-order valence-electron chi connectivity index (χ3n) is 6.69. The van der Waals surface area contributed by atoms with Crippen molar-refractivity contribution in [3.8, 4) is 9.75 Å². The highest BCUT2D eigenvalue weighted by Gasteiger charge is 2.17. The van der Waals surface area contributed by atoms with Crippen LogP contribution < -0.4 is 0 Å². The summed E-state index contributed by atoms with van der Waals surface area (Å²) < 4.78 is 0. The van der Waals surface area contributed by atoms with Crippen molar-refractivity contribution in [3.63, 3.8) is 0 Å². The normalized spacial score (nSPS) is 11.2. The lowest BCUT2D eigenvalue weighted by atomic mass is 10.0. The molecule has 0 amide bonds. The SMILES string of the molecule is CCCCCCCCCCc1cc(C=O)sc1-c1sc(C=O)cc1CCCCCCCCCC. The van der Waals surface area contributed by atoms with Crippen LogP contribution in [0.2, 0.25) is 0 Å². The Bertz CT molecular complexity index is 750. The first kappa shape index (κ1) is 29.0. The summed E-state index contributed by atoms with van der Waals surface area (Å²) in [7, 11) is 0. The lowest BCUT2D eigenvalue weighted by Crippen LogP contribution is -1.90. The largest absolute Gasteiger partial charge is 0.297 e. The zero-order valence-electron chi connectivity index (χ0n) is 21.7. The zero-order chi connectivity index (χ0) is 24.4. The molecule has 0 radical (unpaired) electrons. The molecular weight excluding hydrogens is 456 g/mol. The van der Waals surface area contributed by atoms with Crippen molar-refractivity contribution in [1.82, 2.24) is 0 Å². The number of aryl methyl sites for hydroxylation is 2. The van der Waals surface area contributed by atoms with E-state index in [1.165, 1.54) is 124 Å². The summed E-state index contributed by atoms with van der Waals surface area (Å²) in [5, 5.41) is 0. The molecule has 190 valence electrons. The molecule has 0 aliphatic heterocycles. The van der Waals surface area contributed by atoms with Gasteiger partial charge < -0.3 is 0 Å². The van der Waals surface area contributed by atoms with E-state index in [0.717, 1.165) is 35.2 Å². The molecule has 0 fully saturated rings. The van der Waals surface area contributed by atoms with Crippen LogP contribution in [0.3, 0.4) is 0 Å². The van der Waals surface area contributed by atoms with Gasteiger partial charge in [-0.3, -0.25) is 9.59 Å². The molecule has 0 saturated carbocycles. The number of hydrogen-bond acceptors (Lipinski definition) is 4. The molecule has 2 rings (SSSR count). The van der Waals surface area contributed by atoms with Crippen LogP contribution in [0.4, 0.5) is 0 Å². The number of hydrogen-bond donors (Lipinski definition) is 0. The molecule has 4 heteroatoms. The number of thiophene rings is 2. The number of unbranched alkanes of at least 4 members (excludes halogenated alkanes) is 14. The van der Waals surface area contributed by atoms with Gasteiger partial charge in [-0.1, -0.05) is 104 Å². The predicted molar refractivity (Wildman–Crippen MR) is 151 cm³/mol. The first-order valence-electron chi connectivity index (χ1n) is 13.9. The minimum absolute atomic E-state index is 0.809. The third-order valence-corrected chi connectivity index (χ3v) is 9.06. The van der Waals surface area contributed by atoms with Gasteiger partial charge >= 0.3 is 0 Å².